The Morgan fingerprint density at radius 3 is 2.36 bits per heavy atom. The summed E-state index contributed by atoms with van der Waals surface area (Å²) >= 11 is 0. The summed E-state index contributed by atoms with van der Waals surface area (Å²) in [4.78, 5) is 35.6. The van der Waals surface area contributed by atoms with E-state index in [0.717, 1.165) is 11.1 Å². The molecule has 0 spiro atoms. The smallest absolute Gasteiger partial charge is 0.312 e. The van der Waals surface area contributed by atoms with Crippen LogP contribution in [0, 0.1) is 0 Å². The Hall–Kier alpha value is -2.83. The number of piperazine rings is 1. The van der Waals surface area contributed by atoms with Crippen molar-refractivity contribution >= 4 is 11.8 Å². The van der Waals surface area contributed by atoms with Gasteiger partial charge in [0.25, 0.3) is 0 Å². The Kier molecular flexibility index (Phi) is 5.02. The van der Waals surface area contributed by atoms with E-state index in [1.54, 1.807) is 19.3 Å². The molecule has 0 saturated carbocycles. The van der Waals surface area contributed by atoms with Crippen LogP contribution in [0.2, 0.25) is 0 Å². The van der Waals surface area contributed by atoms with Crippen LogP contribution in [-0.4, -0.2) is 57.4 Å². The fourth-order valence-electron chi connectivity index (χ4n) is 2.73. The molecule has 1 aromatic heterocycles. The van der Waals surface area contributed by atoms with Crippen molar-refractivity contribution in [3.05, 3.63) is 48.5 Å². The van der Waals surface area contributed by atoms with Gasteiger partial charge in [-0.2, -0.15) is 0 Å². The molecule has 0 bridgehead atoms. The minimum absolute atomic E-state index is 0.164. The molecule has 2 amide bonds. The minimum Gasteiger partial charge on any atom is -0.327 e. The highest BCUT2D eigenvalue weighted by molar-refractivity contribution is 6.35. The first-order chi connectivity index (χ1) is 12.1. The van der Waals surface area contributed by atoms with E-state index in [1.807, 2.05) is 30.3 Å². The predicted octanol–water partition coefficient (Wildman–Crippen LogP) is 1.67. The van der Waals surface area contributed by atoms with Crippen molar-refractivity contribution in [2.75, 3.05) is 19.8 Å². The summed E-state index contributed by atoms with van der Waals surface area (Å²) in [6.45, 7) is 1.75. The van der Waals surface area contributed by atoms with Crippen LogP contribution in [0.3, 0.4) is 0 Å². The first kappa shape index (κ1) is 17.0. The average molecular weight is 342 g/mol. The van der Waals surface area contributed by atoms with Crippen LogP contribution in [-0.2, 0) is 16.1 Å². The molecule has 3 rings (SSSR count). The summed E-state index contributed by atoms with van der Waals surface area (Å²) < 4.78 is 12.8. The van der Waals surface area contributed by atoms with Gasteiger partial charge in [0.1, 0.15) is 12.5 Å². The second-order valence-corrected chi connectivity index (χ2v) is 5.98. The van der Waals surface area contributed by atoms with Gasteiger partial charge in [-0.1, -0.05) is 30.3 Å². The third-order valence-corrected chi connectivity index (χ3v) is 4.24. The molecule has 6 nitrogen and oxygen atoms in total. The van der Waals surface area contributed by atoms with Crippen LogP contribution in [0.4, 0.5) is 4.39 Å². The Morgan fingerprint density at radius 2 is 1.72 bits per heavy atom. The number of hydrogen-bond acceptors (Lipinski definition) is 4. The van der Waals surface area contributed by atoms with E-state index in [2.05, 4.69) is 9.97 Å². The Labute approximate surface area is 145 Å². The van der Waals surface area contributed by atoms with Crippen molar-refractivity contribution in [2.45, 2.75) is 19.5 Å². The largest absolute Gasteiger partial charge is 0.327 e. The highest BCUT2D eigenvalue weighted by Gasteiger charge is 2.35. The van der Waals surface area contributed by atoms with E-state index in [0.29, 0.717) is 18.9 Å². The lowest BCUT2D eigenvalue weighted by Crippen LogP contribution is -2.56. The topological polar surface area (TPSA) is 66.4 Å². The predicted molar refractivity (Wildman–Crippen MR) is 90.0 cm³/mol. The average Bonchev–Trinajstić information content (AvgIpc) is 2.66. The maximum atomic E-state index is 12.8. The van der Waals surface area contributed by atoms with Crippen LogP contribution >= 0.6 is 0 Å². The number of carbonyl (C=O) groups is 2. The lowest BCUT2D eigenvalue weighted by atomic mass is 10.1. The number of aromatic nitrogens is 2. The Morgan fingerprint density at radius 1 is 1.04 bits per heavy atom. The number of rotatable bonds is 5. The number of halogens is 1. The van der Waals surface area contributed by atoms with Gasteiger partial charge in [0.05, 0.1) is 12.6 Å². The molecule has 0 aliphatic carbocycles. The number of carbonyl (C=O) groups excluding carboxylic acids is 2. The standard InChI is InChI=1S/C18H19FN4O2/c1-13(9-19)23-8-7-22(17(24)18(23)25)12-16-20-10-15(11-21-16)14-5-3-2-4-6-14/h2-6,10-11,13H,7-9,12H2,1H3. The quantitative estimate of drug-likeness (QED) is 0.776. The second-order valence-electron chi connectivity index (χ2n) is 5.98. The van der Waals surface area contributed by atoms with Crippen molar-refractivity contribution in [1.29, 1.82) is 0 Å². The molecule has 2 heterocycles. The summed E-state index contributed by atoms with van der Waals surface area (Å²) in [6.07, 6.45) is 3.40. The molecule has 1 aliphatic heterocycles. The van der Waals surface area contributed by atoms with Crippen molar-refractivity contribution in [2.24, 2.45) is 0 Å². The van der Waals surface area contributed by atoms with Crippen molar-refractivity contribution < 1.29 is 14.0 Å². The molecular weight excluding hydrogens is 323 g/mol. The van der Waals surface area contributed by atoms with Gasteiger partial charge in [-0.15, -0.1) is 0 Å². The molecule has 0 radical (unpaired) electrons. The summed E-state index contributed by atoms with van der Waals surface area (Å²) in [5.74, 6) is -0.840. The molecule has 2 aromatic rings. The molecule has 25 heavy (non-hydrogen) atoms. The first-order valence-corrected chi connectivity index (χ1v) is 8.12. The molecule has 1 atom stereocenters. The molecule has 1 unspecified atom stereocenters. The van der Waals surface area contributed by atoms with Gasteiger partial charge in [0.15, 0.2) is 0 Å². The zero-order chi connectivity index (χ0) is 17.8. The van der Waals surface area contributed by atoms with E-state index in [1.165, 1.54) is 9.80 Å². The van der Waals surface area contributed by atoms with Gasteiger partial charge in [0, 0.05) is 31.0 Å². The molecule has 7 heteroatoms. The highest BCUT2D eigenvalue weighted by atomic mass is 19.1. The summed E-state index contributed by atoms with van der Waals surface area (Å²) in [7, 11) is 0. The third kappa shape index (κ3) is 3.65. The van der Waals surface area contributed by atoms with Crippen LogP contribution < -0.4 is 0 Å². The number of benzene rings is 1. The van der Waals surface area contributed by atoms with E-state index < -0.39 is 24.5 Å². The fourth-order valence-corrected chi connectivity index (χ4v) is 2.73. The lowest BCUT2D eigenvalue weighted by Gasteiger charge is -2.35. The van der Waals surface area contributed by atoms with E-state index in [-0.39, 0.29) is 6.54 Å². The summed E-state index contributed by atoms with van der Waals surface area (Å²) in [5, 5.41) is 0. The maximum Gasteiger partial charge on any atom is 0.312 e. The SMILES string of the molecule is CC(CF)N1CCN(Cc2ncc(-c3ccccc3)cn2)C(=O)C1=O. The van der Waals surface area contributed by atoms with Crippen LogP contribution in [0.25, 0.3) is 11.1 Å². The van der Waals surface area contributed by atoms with Gasteiger partial charge >= 0.3 is 11.8 Å². The zero-order valence-electron chi connectivity index (χ0n) is 13.9. The molecule has 1 saturated heterocycles. The third-order valence-electron chi connectivity index (χ3n) is 4.24. The van der Waals surface area contributed by atoms with Gasteiger partial charge in [0.2, 0.25) is 0 Å². The molecule has 1 aromatic carbocycles. The number of alkyl halides is 1. The zero-order valence-corrected chi connectivity index (χ0v) is 13.9. The Bertz CT molecular complexity index is 751. The second kappa shape index (κ2) is 7.38. The molecule has 1 aliphatic rings. The van der Waals surface area contributed by atoms with Gasteiger partial charge in [-0.3, -0.25) is 9.59 Å². The van der Waals surface area contributed by atoms with Crippen LogP contribution in [0.15, 0.2) is 42.7 Å². The van der Waals surface area contributed by atoms with E-state index in [9.17, 15) is 14.0 Å². The fraction of sp³-hybridized carbons (Fsp3) is 0.333. The summed E-state index contributed by atoms with van der Waals surface area (Å²) in [5.41, 5.74) is 1.89. The monoisotopic (exact) mass is 342 g/mol. The van der Waals surface area contributed by atoms with Crippen molar-refractivity contribution in [3.63, 3.8) is 0 Å². The van der Waals surface area contributed by atoms with Crippen LogP contribution in [0.1, 0.15) is 12.7 Å². The molecular formula is C18H19FN4O2. The van der Waals surface area contributed by atoms with Gasteiger partial charge < -0.3 is 9.80 Å². The number of nitrogens with zero attached hydrogens (tertiary/aromatic N) is 4. The van der Waals surface area contributed by atoms with Gasteiger partial charge in [-0.25, -0.2) is 14.4 Å². The molecule has 1 fully saturated rings. The van der Waals surface area contributed by atoms with Crippen LogP contribution in [0.5, 0.6) is 0 Å². The summed E-state index contributed by atoms with van der Waals surface area (Å²) in [6, 6.07) is 9.15. The van der Waals surface area contributed by atoms with Crippen molar-refractivity contribution in [3.8, 4) is 11.1 Å². The van der Waals surface area contributed by atoms with Crippen molar-refractivity contribution in [1.82, 2.24) is 19.8 Å². The lowest BCUT2D eigenvalue weighted by molar-refractivity contribution is -0.158. The minimum atomic E-state index is -0.669. The normalized spacial score (nSPS) is 16.2. The highest BCUT2D eigenvalue weighted by Crippen LogP contribution is 2.17. The van der Waals surface area contributed by atoms with Gasteiger partial charge in [-0.05, 0) is 12.5 Å². The molecule has 0 N–H and O–H groups in total. The Balaban J connectivity index is 1.67. The van der Waals surface area contributed by atoms with E-state index in [4.69, 9.17) is 0 Å². The number of amides is 2. The number of hydrogen-bond donors (Lipinski definition) is 0. The van der Waals surface area contributed by atoms with E-state index >= 15 is 0 Å². The maximum absolute atomic E-state index is 12.8. The molecule has 130 valence electrons. The first-order valence-electron chi connectivity index (χ1n) is 8.12.